The quantitative estimate of drug-likeness (QED) is 0.197. The van der Waals surface area contributed by atoms with Crippen LogP contribution in [0.5, 0.6) is 11.5 Å². The van der Waals surface area contributed by atoms with Gasteiger partial charge in [0.2, 0.25) is 0 Å². The van der Waals surface area contributed by atoms with E-state index in [1.807, 2.05) is 28.7 Å². The van der Waals surface area contributed by atoms with Crippen molar-refractivity contribution in [2.24, 2.45) is 0 Å². The van der Waals surface area contributed by atoms with E-state index in [0.29, 0.717) is 0 Å². The zero-order valence-electron chi connectivity index (χ0n) is 22.9. The Morgan fingerprint density at radius 1 is 0.372 bits per heavy atom. The first-order valence-corrected chi connectivity index (χ1v) is 16.1. The number of fused-ring (bicyclic) bond motifs is 8. The summed E-state index contributed by atoms with van der Waals surface area (Å²) < 4.78 is 11.7. The number of ether oxygens (including phenoxy) is 1. The molecule has 7 aromatic carbocycles. The number of rotatable bonds is 2. The summed E-state index contributed by atoms with van der Waals surface area (Å²) in [7, 11) is 0. The zero-order valence-corrected chi connectivity index (χ0v) is 24.6. The standard InChI is InChI=1S/C40H22OS2/c1-3-13-34-27(7-1)32-11-6-10-31-25(19-20-35(41-34)39(31)32)23-15-17-29-30-18-16-24(22-38(30)42-37(29)21-23)26-9-5-12-33-28-8-2-4-14-36(28)43-40(26)33/h1-22H. The highest BCUT2D eigenvalue weighted by Gasteiger charge is 2.21. The Morgan fingerprint density at radius 3 is 1.88 bits per heavy atom. The number of para-hydroxylation sites is 1. The average molecular weight is 583 g/mol. The van der Waals surface area contributed by atoms with E-state index in [-0.39, 0.29) is 0 Å². The van der Waals surface area contributed by atoms with E-state index in [2.05, 4.69) is 127 Å². The maximum absolute atomic E-state index is 6.34. The Morgan fingerprint density at radius 2 is 1.02 bits per heavy atom. The molecule has 0 saturated carbocycles. The molecule has 0 unspecified atom stereocenters. The minimum absolute atomic E-state index is 0.921. The molecule has 200 valence electrons. The number of benzene rings is 7. The van der Waals surface area contributed by atoms with Crippen molar-refractivity contribution in [1.29, 1.82) is 0 Å². The van der Waals surface area contributed by atoms with Gasteiger partial charge in [0.05, 0.1) is 0 Å². The molecule has 0 saturated heterocycles. The molecule has 0 spiro atoms. The third kappa shape index (κ3) is 3.38. The normalized spacial score (nSPS) is 12.4. The number of thiophene rings is 2. The minimum atomic E-state index is 0.921. The van der Waals surface area contributed by atoms with Crippen LogP contribution >= 0.6 is 22.7 Å². The summed E-state index contributed by atoms with van der Waals surface area (Å²) in [5.74, 6) is 1.85. The highest BCUT2D eigenvalue weighted by molar-refractivity contribution is 7.26. The van der Waals surface area contributed by atoms with Crippen molar-refractivity contribution in [2.75, 3.05) is 0 Å². The summed E-state index contributed by atoms with van der Waals surface area (Å²) in [4.78, 5) is 0. The van der Waals surface area contributed by atoms with E-state index >= 15 is 0 Å². The highest BCUT2D eigenvalue weighted by atomic mass is 32.1. The lowest BCUT2D eigenvalue weighted by atomic mass is 9.90. The smallest absolute Gasteiger partial charge is 0.135 e. The van der Waals surface area contributed by atoms with Crippen LogP contribution in [-0.4, -0.2) is 0 Å². The van der Waals surface area contributed by atoms with Gasteiger partial charge in [0.15, 0.2) is 0 Å². The topological polar surface area (TPSA) is 9.23 Å². The minimum Gasteiger partial charge on any atom is -0.456 e. The molecule has 0 radical (unpaired) electrons. The Bertz CT molecular complexity index is 2600. The van der Waals surface area contributed by atoms with E-state index < -0.39 is 0 Å². The van der Waals surface area contributed by atoms with Crippen molar-refractivity contribution in [3.63, 3.8) is 0 Å². The van der Waals surface area contributed by atoms with Crippen molar-refractivity contribution in [3.8, 4) is 44.9 Å². The highest BCUT2D eigenvalue weighted by Crippen LogP contribution is 2.49. The van der Waals surface area contributed by atoms with Crippen LogP contribution in [0.25, 0.3) is 84.5 Å². The van der Waals surface area contributed by atoms with Gasteiger partial charge >= 0.3 is 0 Å². The van der Waals surface area contributed by atoms with Gasteiger partial charge in [-0.2, -0.15) is 0 Å². The second-order valence-corrected chi connectivity index (χ2v) is 13.4. The second-order valence-electron chi connectivity index (χ2n) is 11.2. The van der Waals surface area contributed by atoms with Crippen LogP contribution in [0.4, 0.5) is 0 Å². The average Bonchev–Trinajstić information content (AvgIpc) is 3.62. The summed E-state index contributed by atoms with van der Waals surface area (Å²) in [6.45, 7) is 0. The maximum Gasteiger partial charge on any atom is 0.135 e. The van der Waals surface area contributed by atoms with Gasteiger partial charge in [0.25, 0.3) is 0 Å². The molecule has 1 aliphatic heterocycles. The van der Waals surface area contributed by atoms with Crippen LogP contribution in [0, 0.1) is 0 Å². The molecule has 3 heteroatoms. The Labute approximate surface area is 255 Å². The van der Waals surface area contributed by atoms with E-state index in [4.69, 9.17) is 4.74 Å². The molecule has 0 N–H and O–H groups in total. The molecule has 10 rings (SSSR count). The molecule has 0 bridgehead atoms. The fourth-order valence-corrected chi connectivity index (χ4v) is 9.34. The fraction of sp³-hybridized carbons (Fsp3) is 0. The summed E-state index contributed by atoms with van der Waals surface area (Å²) in [5.41, 5.74) is 7.45. The monoisotopic (exact) mass is 582 g/mol. The molecule has 9 aromatic rings. The molecule has 1 aliphatic rings. The molecule has 0 atom stereocenters. The Hall–Kier alpha value is -4.96. The van der Waals surface area contributed by atoms with Crippen molar-refractivity contribution in [2.45, 2.75) is 0 Å². The first-order chi connectivity index (χ1) is 21.3. The molecular weight excluding hydrogens is 561 g/mol. The van der Waals surface area contributed by atoms with Crippen LogP contribution in [0.2, 0.25) is 0 Å². The predicted octanol–water partition coefficient (Wildman–Crippen LogP) is 12.7. The van der Waals surface area contributed by atoms with E-state index in [0.717, 1.165) is 17.1 Å². The lowest BCUT2D eigenvalue weighted by Crippen LogP contribution is -1.97. The lowest BCUT2D eigenvalue weighted by Gasteiger charge is -2.22. The number of hydrogen-bond acceptors (Lipinski definition) is 3. The molecule has 2 aromatic heterocycles. The summed E-state index contributed by atoms with van der Waals surface area (Å²) in [5, 5.41) is 7.73. The van der Waals surface area contributed by atoms with Gasteiger partial charge in [-0.25, -0.2) is 0 Å². The van der Waals surface area contributed by atoms with Gasteiger partial charge in [-0.05, 0) is 63.5 Å². The maximum atomic E-state index is 6.34. The van der Waals surface area contributed by atoms with Gasteiger partial charge in [-0.3, -0.25) is 0 Å². The van der Waals surface area contributed by atoms with Crippen molar-refractivity contribution >= 4 is 73.8 Å². The van der Waals surface area contributed by atoms with Gasteiger partial charge < -0.3 is 4.74 Å². The molecule has 3 heterocycles. The van der Waals surface area contributed by atoms with E-state index in [9.17, 15) is 0 Å². The van der Waals surface area contributed by atoms with Gasteiger partial charge in [0.1, 0.15) is 11.5 Å². The van der Waals surface area contributed by atoms with Crippen LogP contribution in [0.1, 0.15) is 0 Å². The van der Waals surface area contributed by atoms with Crippen LogP contribution in [-0.2, 0) is 0 Å². The van der Waals surface area contributed by atoms with Crippen LogP contribution in [0.3, 0.4) is 0 Å². The molecule has 1 nitrogen and oxygen atoms in total. The SMILES string of the molecule is c1ccc2c(c1)Oc1ccc(-c3ccc4c(c3)sc3cc(-c5cccc6c5sc5ccccc56)ccc34)c3cccc-2c13. The van der Waals surface area contributed by atoms with Gasteiger partial charge in [-0.1, -0.05) is 103 Å². The zero-order chi connectivity index (χ0) is 28.1. The second kappa shape index (κ2) is 8.78. The molecule has 0 aliphatic carbocycles. The molecule has 0 fully saturated rings. The summed E-state index contributed by atoms with van der Waals surface area (Å²) in [6.07, 6.45) is 0. The van der Waals surface area contributed by atoms with Gasteiger partial charge in [-0.15, -0.1) is 22.7 Å². The fourth-order valence-electron chi connectivity index (χ4n) is 6.92. The number of hydrogen-bond donors (Lipinski definition) is 0. The predicted molar refractivity (Wildman–Crippen MR) is 186 cm³/mol. The largest absolute Gasteiger partial charge is 0.456 e. The summed E-state index contributed by atoms with van der Waals surface area (Å²) >= 11 is 3.78. The van der Waals surface area contributed by atoms with Crippen molar-refractivity contribution in [1.82, 2.24) is 0 Å². The summed E-state index contributed by atoms with van der Waals surface area (Å²) in [6, 6.07) is 48.7. The molecular formula is C40H22OS2. The van der Waals surface area contributed by atoms with Crippen molar-refractivity contribution in [3.05, 3.63) is 133 Å². The third-order valence-corrected chi connectivity index (χ3v) is 11.2. The molecule has 43 heavy (non-hydrogen) atoms. The third-order valence-electron chi connectivity index (χ3n) is 8.90. The van der Waals surface area contributed by atoms with Gasteiger partial charge in [0, 0.05) is 51.3 Å². The lowest BCUT2D eigenvalue weighted by molar-refractivity contribution is 0.487. The van der Waals surface area contributed by atoms with Crippen LogP contribution in [0.15, 0.2) is 133 Å². The first kappa shape index (κ1) is 23.6. The molecule has 0 amide bonds. The van der Waals surface area contributed by atoms with E-state index in [1.165, 1.54) is 78.9 Å². The first-order valence-electron chi connectivity index (χ1n) is 14.5. The van der Waals surface area contributed by atoms with E-state index in [1.54, 1.807) is 0 Å². The Balaban J connectivity index is 1.12. The van der Waals surface area contributed by atoms with Crippen molar-refractivity contribution < 1.29 is 4.74 Å². The Kier molecular flexibility index (Phi) is 4.81. The van der Waals surface area contributed by atoms with Crippen LogP contribution < -0.4 is 4.74 Å².